The van der Waals surface area contributed by atoms with Gasteiger partial charge in [-0.05, 0) is 87.7 Å². The number of nitrogens with zero attached hydrogens (tertiary/aromatic N) is 1. The van der Waals surface area contributed by atoms with E-state index in [2.05, 4.69) is 28.1 Å². The lowest BCUT2D eigenvalue weighted by molar-refractivity contribution is 0.628. The highest BCUT2D eigenvalue weighted by atomic mass is 79.9. The fraction of sp³-hybridized carbons (Fsp3) is 0. The van der Waals surface area contributed by atoms with Crippen molar-refractivity contribution in [3.05, 3.63) is 113 Å². The van der Waals surface area contributed by atoms with Crippen LogP contribution < -0.4 is 4.90 Å². The number of hydrogen-bond donors (Lipinski definition) is 0. The van der Waals surface area contributed by atoms with Crippen LogP contribution >= 0.6 is 15.9 Å². The van der Waals surface area contributed by atoms with Gasteiger partial charge < -0.3 is 4.90 Å². The minimum atomic E-state index is -0.304. The summed E-state index contributed by atoms with van der Waals surface area (Å²) in [6.45, 7) is 0. The second kappa shape index (κ2) is 7.95. The lowest BCUT2D eigenvalue weighted by Gasteiger charge is -2.26. The van der Waals surface area contributed by atoms with E-state index in [-0.39, 0.29) is 11.6 Å². The summed E-state index contributed by atoms with van der Waals surface area (Å²) in [6.07, 6.45) is 0. The van der Waals surface area contributed by atoms with E-state index in [1.807, 2.05) is 41.3 Å². The Bertz CT molecular complexity index is 1030. The first-order valence-electron chi connectivity index (χ1n) is 8.78. The molecule has 0 N–H and O–H groups in total. The molecule has 0 aliphatic carbocycles. The molecule has 0 heterocycles. The zero-order chi connectivity index (χ0) is 19.5. The van der Waals surface area contributed by atoms with Crippen molar-refractivity contribution in [2.24, 2.45) is 0 Å². The Morgan fingerprint density at radius 2 is 1.11 bits per heavy atom. The van der Waals surface area contributed by atoms with Crippen LogP contribution in [0.25, 0.3) is 11.1 Å². The zero-order valence-corrected chi connectivity index (χ0v) is 16.4. The maximum absolute atomic E-state index is 13.5. The second-order valence-electron chi connectivity index (χ2n) is 6.32. The van der Waals surface area contributed by atoms with Crippen molar-refractivity contribution in [3.63, 3.8) is 0 Å². The second-order valence-corrected chi connectivity index (χ2v) is 7.17. The summed E-state index contributed by atoms with van der Waals surface area (Å²) in [5, 5.41) is 0. The molecule has 1 nitrogen and oxygen atoms in total. The molecule has 0 aliphatic heterocycles. The molecule has 138 valence electrons. The van der Waals surface area contributed by atoms with Crippen molar-refractivity contribution in [2.75, 3.05) is 4.90 Å². The standard InChI is InChI=1S/C24H16BrF2N/c25-23-16-18(17-4-2-1-3-5-17)6-15-24(23)28(21-11-7-19(26)8-12-21)22-13-9-20(27)10-14-22/h1-16H. The largest absolute Gasteiger partial charge is 0.309 e. The normalized spacial score (nSPS) is 10.7. The molecule has 0 saturated carbocycles. The monoisotopic (exact) mass is 435 g/mol. The van der Waals surface area contributed by atoms with Crippen LogP contribution in [-0.2, 0) is 0 Å². The van der Waals surface area contributed by atoms with E-state index < -0.39 is 0 Å². The Morgan fingerprint density at radius 1 is 0.571 bits per heavy atom. The molecule has 0 saturated heterocycles. The van der Waals surface area contributed by atoms with Gasteiger partial charge in [-0.2, -0.15) is 0 Å². The van der Waals surface area contributed by atoms with Gasteiger partial charge in [0.2, 0.25) is 0 Å². The molecule has 0 fully saturated rings. The van der Waals surface area contributed by atoms with Crippen molar-refractivity contribution in [3.8, 4) is 11.1 Å². The van der Waals surface area contributed by atoms with Crippen LogP contribution in [0.1, 0.15) is 0 Å². The van der Waals surface area contributed by atoms with Crippen molar-refractivity contribution < 1.29 is 8.78 Å². The first-order chi connectivity index (χ1) is 13.6. The molecule has 28 heavy (non-hydrogen) atoms. The van der Waals surface area contributed by atoms with E-state index in [0.717, 1.165) is 32.7 Å². The van der Waals surface area contributed by atoms with Crippen LogP contribution in [0.4, 0.5) is 25.8 Å². The molecule has 0 bridgehead atoms. The third-order valence-electron chi connectivity index (χ3n) is 4.47. The summed E-state index contributed by atoms with van der Waals surface area (Å²) in [4.78, 5) is 1.96. The van der Waals surface area contributed by atoms with Crippen molar-refractivity contribution >= 4 is 33.0 Å². The van der Waals surface area contributed by atoms with Crippen LogP contribution in [0, 0.1) is 11.6 Å². The predicted octanol–water partition coefficient (Wildman–Crippen LogP) is 7.86. The number of rotatable bonds is 4. The third-order valence-corrected chi connectivity index (χ3v) is 5.10. The van der Waals surface area contributed by atoms with Gasteiger partial charge in [0.05, 0.1) is 5.69 Å². The highest BCUT2D eigenvalue weighted by Crippen LogP contribution is 2.40. The minimum absolute atomic E-state index is 0.304. The van der Waals surface area contributed by atoms with Gasteiger partial charge in [0, 0.05) is 15.8 Å². The van der Waals surface area contributed by atoms with Crippen molar-refractivity contribution in [2.45, 2.75) is 0 Å². The van der Waals surface area contributed by atoms with E-state index in [9.17, 15) is 8.78 Å². The van der Waals surface area contributed by atoms with E-state index >= 15 is 0 Å². The SMILES string of the molecule is Fc1ccc(N(c2ccc(F)cc2)c2ccc(-c3ccccc3)cc2Br)cc1. The van der Waals surface area contributed by atoms with Crippen LogP contribution in [0.3, 0.4) is 0 Å². The zero-order valence-electron chi connectivity index (χ0n) is 14.8. The molecule has 0 amide bonds. The highest BCUT2D eigenvalue weighted by Gasteiger charge is 2.16. The summed E-state index contributed by atoms with van der Waals surface area (Å²) < 4.78 is 27.8. The molecule has 0 spiro atoms. The molecule has 4 rings (SSSR count). The van der Waals surface area contributed by atoms with Crippen LogP contribution in [-0.4, -0.2) is 0 Å². The molecule has 4 aromatic carbocycles. The summed E-state index contributed by atoms with van der Waals surface area (Å²) in [6, 6.07) is 28.7. The van der Waals surface area contributed by atoms with E-state index in [1.54, 1.807) is 24.3 Å². The average molecular weight is 436 g/mol. The smallest absolute Gasteiger partial charge is 0.123 e. The fourth-order valence-electron chi connectivity index (χ4n) is 3.11. The molecule has 4 heteroatoms. The first kappa shape index (κ1) is 18.4. The van der Waals surface area contributed by atoms with Gasteiger partial charge in [0.1, 0.15) is 11.6 Å². The Morgan fingerprint density at radius 3 is 1.61 bits per heavy atom. The minimum Gasteiger partial charge on any atom is -0.309 e. The van der Waals surface area contributed by atoms with E-state index in [0.29, 0.717) is 0 Å². The fourth-order valence-corrected chi connectivity index (χ4v) is 3.66. The van der Waals surface area contributed by atoms with Gasteiger partial charge in [-0.3, -0.25) is 0 Å². The highest BCUT2D eigenvalue weighted by molar-refractivity contribution is 9.10. The van der Waals surface area contributed by atoms with Gasteiger partial charge in [-0.1, -0.05) is 36.4 Å². The quantitative estimate of drug-likeness (QED) is 0.315. The molecular weight excluding hydrogens is 420 g/mol. The Kier molecular flexibility index (Phi) is 5.22. The summed E-state index contributed by atoms with van der Waals surface area (Å²) >= 11 is 3.68. The molecule has 0 aromatic heterocycles. The van der Waals surface area contributed by atoms with Crippen molar-refractivity contribution in [1.82, 2.24) is 0 Å². The molecule has 4 aromatic rings. The Labute approximate surface area is 171 Å². The maximum Gasteiger partial charge on any atom is 0.123 e. The van der Waals surface area contributed by atoms with Gasteiger partial charge in [0.15, 0.2) is 0 Å². The molecule has 0 unspecified atom stereocenters. The van der Waals surface area contributed by atoms with Gasteiger partial charge in [-0.25, -0.2) is 8.78 Å². The number of hydrogen-bond acceptors (Lipinski definition) is 1. The third kappa shape index (κ3) is 3.82. The van der Waals surface area contributed by atoms with Gasteiger partial charge in [0.25, 0.3) is 0 Å². The van der Waals surface area contributed by atoms with Gasteiger partial charge >= 0.3 is 0 Å². The topological polar surface area (TPSA) is 3.24 Å². The molecule has 0 aliphatic rings. The van der Waals surface area contributed by atoms with Crippen LogP contribution in [0.2, 0.25) is 0 Å². The first-order valence-corrected chi connectivity index (χ1v) is 9.57. The predicted molar refractivity (Wildman–Crippen MR) is 114 cm³/mol. The average Bonchev–Trinajstić information content (AvgIpc) is 2.72. The van der Waals surface area contributed by atoms with E-state index in [1.165, 1.54) is 24.3 Å². The van der Waals surface area contributed by atoms with Crippen molar-refractivity contribution in [1.29, 1.82) is 0 Å². The maximum atomic E-state index is 13.5. The van der Waals surface area contributed by atoms with Gasteiger partial charge in [-0.15, -0.1) is 0 Å². The Hall–Kier alpha value is -2.98. The molecule has 0 atom stereocenters. The summed E-state index contributed by atoms with van der Waals surface area (Å²) in [5.74, 6) is -0.609. The number of anilines is 3. The van der Waals surface area contributed by atoms with Crippen LogP contribution in [0.15, 0.2) is 102 Å². The lowest BCUT2D eigenvalue weighted by atomic mass is 10.0. The van der Waals surface area contributed by atoms with Crippen LogP contribution in [0.5, 0.6) is 0 Å². The molecule has 0 radical (unpaired) electrons. The lowest BCUT2D eigenvalue weighted by Crippen LogP contribution is -2.10. The summed E-state index contributed by atoms with van der Waals surface area (Å²) in [7, 11) is 0. The molecular formula is C24H16BrF2N. The number of halogens is 3. The number of benzene rings is 4. The van der Waals surface area contributed by atoms with E-state index in [4.69, 9.17) is 0 Å². The Balaban J connectivity index is 1.82. The summed E-state index contributed by atoms with van der Waals surface area (Å²) in [5.41, 5.74) is 4.62.